The standard InChI is InChI=1S/C14H19NS/c1-3-4-5-13(11(2)12-6-7-12)16-10-14(15)8-9-14/h5H,6-10,15H2,1-2H3/b13-5-. The van der Waals surface area contributed by atoms with Gasteiger partial charge in [-0.15, -0.1) is 17.7 Å². The van der Waals surface area contributed by atoms with Crippen LogP contribution in [0.1, 0.15) is 39.5 Å². The molecular formula is C14H19NS. The van der Waals surface area contributed by atoms with Crippen LogP contribution in [0.4, 0.5) is 0 Å². The third-order valence-corrected chi connectivity index (χ3v) is 4.61. The molecule has 0 aromatic heterocycles. The SMILES string of the molecule is CC#C/C=C(\SCC1(N)CC1)C(C)=C1CC1. The van der Waals surface area contributed by atoms with Gasteiger partial charge in [0.15, 0.2) is 0 Å². The molecule has 0 aromatic rings. The van der Waals surface area contributed by atoms with Crippen LogP contribution in [0.5, 0.6) is 0 Å². The molecule has 2 rings (SSSR count). The molecule has 2 saturated carbocycles. The van der Waals surface area contributed by atoms with Gasteiger partial charge in [0.1, 0.15) is 0 Å². The summed E-state index contributed by atoms with van der Waals surface area (Å²) in [6.07, 6.45) is 6.97. The number of rotatable bonds is 4. The van der Waals surface area contributed by atoms with E-state index in [-0.39, 0.29) is 5.54 Å². The lowest BCUT2D eigenvalue weighted by molar-refractivity contribution is 0.777. The maximum Gasteiger partial charge on any atom is 0.0250 e. The number of allylic oxidation sites excluding steroid dienone is 3. The molecule has 86 valence electrons. The third kappa shape index (κ3) is 3.17. The fraction of sp³-hybridized carbons (Fsp3) is 0.571. The average Bonchev–Trinajstić information content (AvgIpc) is 3.13. The molecule has 0 radical (unpaired) electrons. The minimum Gasteiger partial charge on any atom is -0.324 e. The molecule has 0 saturated heterocycles. The van der Waals surface area contributed by atoms with Crippen LogP contribution in [0, 0.1) is 11.8 Å². The molecular weight excluding hydrogens is 214 g/mol. The fourth-order valence-electron chi connectivity index (χ4n) is 1.53. The second kappa shape index (κ2) is 4.69. The monoisotopic (exact) mass is 233 g/mol. The number of hydrogen-bond donors (Lipinski definition) is 1. The zero-order valence-electron chi connectivity index (χ0n) is 10.1. The number of nitrogens with two attached hydrogens (primary N) is 1. The highest BCUT2D eigenvalue weighted by Crippen LogP contribution is 2.42. The molecule has 0 spiro atoms. The van der Waals surface area contributed by atoms with Gasteiger partial charge in [0.2, 0.25) is 0 Å². The quantitative estimate of drug-likeness (QED) is 0.754. The van der Waals surface area contributed by atoms with Crippen molar-refractivity contribution in [2.45, 2.75) is 45.1 Å². The number of thioether (sulfide) groups is 1. The predicted octanol–water partition coefficient (Wildman–Crippen LogP) is 3.23. The highest BCUT2D eigenvalue weighted by atomic mass is 32.2. The summed E-state index contributed by atoms with van der Waals surface area (Å²) >= 11 is 1.88. The van der Waals surface area contributed by atoms with E-state index in [0.717, 1.165) is 5.75 Å². The van der Waals surface area contributed by atoms with E-state index in [4.69, 9.17) is 5.73 Å². The Kier molecular flexibility index (Phi) is 3.47. The lowest BCUT2D eigenvalue weighted by Gasteiger charge is -2.10. The van der Waals surface area contributed by atoms with Crippen molar-refractivity contribution in [1.29, 1.82) is 0 Å². The van der Waals surface area contributed by atoms with Gasteiger partial charge in [-0.2, -0.15) is 0 Å². The van der Waals surface area contributed by atoms with Gasteiger partial charge in [0.25, 0.3) is 0 Å². The Balaban J connectivity index is 2.02. The van der Waals surface area contributed by atoms with Crippen LogP contribution in [0.15, 0.2) is 22.1 Å². The van der Waals surface area contributed by atoms with E-state index >= 15 is 0 Å². The number of hydrogen-bond acceptors (Lipinski definition) is 2. The van der Waals surface area contributed by atoms with Crippen molar-refractivity contribution in [1.82, 2.24) is 0 Å². The van der Waals surface area contributed by atoms with Gasteiger partial charge < -0.3 is 5.73 Å². The van der Waals surface area contributed by atoms with Gasteiger partial charge in [0, 0.05) is 22.3 Å². The summed E-state index contributed by atoms with van der Waals surface area (Å²) in [5.74, 6) is 7.03. The Hall–Kier alpha value is -0.650. The van der Waals surface area contributed by atoms with Gasteiger partial charge >= 0.3 is 0 Å². The second-order valence-corrected chi connectivity index (χ2v) is 5.80. The average molecular weight is 233 g/mol. The Morgan fingerprint density at radius 1 is 1.50 bits per heavy atom. The molecule has 2 heteroatoms. The summed E-state index contributed by atoms with van der Waals surface area (Å²) in [4.78, 5) is 1.33. The minimum absolute atomic E-state index is 0.123. The highest BCUT2D eigenvalue weighted by molar-refractivity contribution is 8.03. The van der Waals surface area contributed by atoms with Crippen LogP contribution >= 0.6 is 11.8 Å². The molecule has 0 amide bonds. The molecule has 2 aliphatic rings. The van der Waals surface area contributed by atoms with Crippen LogP contribution in [0.25, 0.3) is 0 Å². The maximum atomic E-state index is 6.12. The second-order valence-electron chi connectivity index (χ2n) is 4.78. The fourth-order valence-corrected chi connectivity index (χ4v) is 2.77. The van der Waals surface area contributed by atoms with Crippen molar-refractivity contribution >= 4 is 11.8 Å². The first-order valence-corrected chi connectivity index (χ1v) is 6.86. The minimum atomic E-state index is 0.123. The molecule has 0 atom stereocenters. The molecule has 0 aliphatic heterocycles. The van der Waals surface area contributed by atoms with E-state index in [1.165, 1.54) is 36.2 Å². The van der Waals surface area contributed by atoms with Gasteiger partial charge in [-0.05, 0) is 45.1 Å². The highest BCUT2D eigenvalue weighted by Gasteiger charge is 2.38. The van der Waals surface area contributed by atoms with Crippen molar-refractivity contribution in [3.05, 3.63) is 22.1 Å². The van der Waals surface area contributed by atoms with Gasteiger partial charge in [-0.25, -0.2) is 0 Å². The van der Waals surface area contributed by atoms with Gasteiger partial charge in [0.05, 0.1) is 0 Å². The Morgan fingerprint density at radius 2 is 2.19 bits per heavy atom. The summed E-state index contributed by atoms with van der Waals surface area (Å²) in [5.41, 5.74) is 9.28. The molecule has 2 N–H and O–H groups in total. The molecule has 0 heterocycles. The van der Waals surface area contributed by atoms with E-state index < -0.39 is 0 Å². The van der Waals surface area contributed by atoms with Crippen molar-refractivity contribution < 1.29 is 0 Å². The topological polar surface area (TPSA) is 26.0 Å². The summed E-state index contributed by atoms with van der Waals surface area (Å²) in [5, 5.41) is 0. The molecule has 16 heavy (non-hydrogen) atoms. The van der Waals surface area contributed by atoms with Crippen LogP contribution in [0.2, 0.25) is 0 Å². The van der Waals surface area contributed by atoms with Crippen molar-refractivity contribution in [3.63, 3.8) is 0 Å². The third-order valence-electron chi connectivity index (χ3n) is 3.15. The molecule has 0 bridgehead atoms. The van der Waals surface area contributed by atoms with Crippen molar-refractivity contribution in [3.8, 4) is 11.8 Å². The lowest BCUT2D eigenvalue weighted by Crippen LogP contribution is -2.24. The Morgan fingerprint density at radius 3 is 2.69 bits per heavy atom. The predicted molar refractivity (Wildman–Crippen MR) is 72.1 cm³/mol. The normalized spacial score (nSPS) is 21.2. The van der Waals surface area contributed by atoms with Gasteiger partial charge in [-0.1, -0.05) is 11.5 Å². The first-order chi connectivity index (χ1) is 7.64. The molecule has 2 aliphatic carbocycles. The summed E-state index contributed by atoms with van der Waals surface area (Å²) in [7, 11) is 0. The Bertz CT molecular complexity index is 396. The molecule has 0 unspecified atom stereocenters. The molecule has 2 fully saturated rings. The van der Waals surface area contributed by atoms with Crippen LogP contribution in [0.3, 0.4) is 0 Å². The van der Waals surface area contributed by atoms with E-state index in [0.29, 0.717) is 0 Å². The smallest absolute Gasteiger partial charge is 0.0250 e. The van der Waals surface area contributed by atoms with Crippen LogP contribution in [-0.4, -0.2) is 11.3 Å². The first kappa shape index (κ1) is 11.8. The molecule has 1 nitrogen and oxygen atoms in total. The summed E-state index contributed by atoms with van der Waals surface area (Å²) in [6.45, 7) is 4.10. The first-order valence-electron chi connectivity index (χ1n) is 5.88. The van der Waals surface area contributed by atoms with Crippen LogP contribution in [-0.2, 0) is 0 Å². The lowest BCUT2D eigenvalue weighted by atomic mass is 10.2. The Labute approximate surface area is 103 Å². The van der Waals surface area contributed by atoms with E-state index in [1.807, 2.05) is 18.7 Å². The van der Waals surface area contributed by atoms with Crippen molar-refractivity contribution in [2.75, 3.05) is 5.75 Å². The van der Waals surface area contributed by atoms with E-state index in [9.17, 15) is 0 Å². The largest absolute Gasteiger partial charge is 0.324 e. The summed E-state index contributed by atoms with van der Waals surface area (Å²) < 4.78 is 0. The van der Waals surface area contributed by atoms with Crippen molar-refractivity contribution in [2.24, 2.45) is 5.73 Å². The zero-order chi connectivity index (χ0) is 11.6. The molecule has 0 aromatic carbocycles. The van der Waals surface area contributed by atoms with E-state index in [2.05, 4.69) is 24.8 Å². The zero-order valence-corrected chi connectivity index (χ0v) is 10.9. The van der Waals surface area contributed by atoms with E-state index in [1.54, 1.807) is 5.57 Å². The van der Waals surface area contributed by atoms with Crippen LogP contribution < -0.4 is 5.73 Å². The summed E-state index contributed by atoms with van der Waals surface area (Å²) in [6, 6.07) is 0. The maximum absolute atomic E-state index is 6.12. The van der Waals surface area contributed by atoms with Gasteiger partial charge in [-0.3, -0.25) is 0 Å².